The maximum atomic E-state index is 13.5. The number of amides is 2. The normalized spacial score (nSPS) is 23.6. The zero-order chi connectivity index (χ0) is 24.3. The van der Waals surface area contributed by atoms with Crippen molar-refractivity contribution in [2.24, 2.45) is 18.9 Å². The Morgan fingerprint density at radius 1 is 1.06 bits per heavy atom. The number of aliphatic hydroxyl groups is 1. The standard InChI is InChI=1S/C28H37N3O4/c1-29-22-15-20(35-2)7-8-21(22)26-27(29)23(16-32)31(25(34)14-19-5-6-19)17-28(26)9-11-30(12-10-28)24(33)13-18-3-4-18/h7-8,15,18-19,23,32H,3-6,9-14,16-17H2,1-2H3/t23-/m1/s1. The first-order valence-corrected chi connectivity index (χ1v) is 13.3. The highest BCUT2D eigenvalue weighted by molar-refractivity contribution is 5.90. The lowest BCUT2D eigenvalue weighted by Gasteiger charge is -2.50. The molecule has 3 heterocycles. The Morgan fingerprint density at radius 3 is 2.31 bits per heavy atom. The van der Waals surface area contributed by atoms with Crippen molar-refractivity contribution in [1.29, 1.82) is 0 Å². The van der Waals surface area contributed by atoms with Crippen molar-refractivity contribution in [1.82, 2.24) is 14.4 Å². The van der Waals surface area contributed by atoms with Crippen molar-refractivity contribution >= 4 is 22.7 Å². The van der Waals surface area contributed by atoms with E-state index < -0.39 is 0 Å². The van der Waals surface area contributed by atoms with Gasteiger partial charge in [0.25, 0.3) is 0 Å². The second kappa shape index (κ2) is 8.54. The van der Waals surface area contributed by atoms with Crippen LogP contribution in [0.25, 0.3) is 10.9 Å². The van der Waals surface area contributed by atoms with Gasteiger partial charge in [0.15, 0.2) is 0 Å². The molecule has 2 aliphatic carbocycles. The smallest absolute Gasteiger partial charge is 0.223 e. The van der Waals surface area contributed by atoms with Crippen LogP contribution < -0.4 is 4.74 Å². The number of piperidine rings is 1. The largest absolute Gasteiger partial charge is 0.497 e. The minimum absolute atomic E-state index is 0.0905. The molecule has 1 spiro atoms. The fourth-order valence-corrected chi connectivity index (χ4v) is 6.60. The number of nitrogens with zero attached hydrogens (tertiary/aromatic N) is 3. The third-order valence-corrected chi connectivity index (χ3v) is 9.04. The highest BCUT2D eigenvalue weighted by atomic mass is 16.5. The highest BCUT2D eigenvalue weighted by Gasteiger charge is 2.50. The molecule has 4 aliphatic rings. The monoisotopic (exact) mass is 479 g/mol. The van der Waals surface area contributed by atoms with Gasteiger partial charge in [-0.15, -0.1) is 0 Å². The second-order valence-corrected chi connectivity index (χ2v) is 11.4. The molecule has 2 aromatic rings. The molecule has 2 amide bonds. The van der Waals surface area contributed by atoms with Crippen molar-refractivity contribution in [2.45, 2.75) is 62.8 Å². The molecular formula is C28H37N3O4. The molecule has 1 aromatic heterocycles. The minimum Gasteiger partial charge on any atom is -0.497 e. The van der Waals surface area contributed by atoms with E-state index in [4.69, 9.17) is 4.74 Å². The number of benzene rings is 1. The van der Waals surface area contributed by atoms with Crippen LogP contribution in [0.1, 0.15) is 68.7 Å². The topological polar surface area (TPSA) is 75.0 Å². The molecule has 1 N–H and O–H groups in total. The third kappa shape index (κ3) is 3.92. The van der Waals surface area contributed by atoms with Gasteiger partial charge in [-0.05, 0) is 68.1 Å². The number of hydrogen-bond donors (Lipinski definition) is 1. The summed E-state index contributed by atoms with van der Waals surface area (Å²) in [6, 6.07) is 5.85. The average Bonchev–Trinajstić information content (AvgIpc) is 3.80. The van der Waals surface area contributed by atoms with Gasteiger partial charge in [0.05, 0.1) is 25.3 Å². The van der Waals surface area contributed by atoms with Gasteiger partial charge >= 0.3 is 0 Å². The van der Waals surface area contributed by atoms with E-state index in [2.05, 4.69) is 16.7 Å². The lowest BCUT2D eigenvalue weighted by Crippen LogP contribution is -2.56. The van der Waals surface area contributed by atoms with Crippen LogP contribution in [-0.4, -0.2) is 64.6 Å². The van der Waals surface area contributed by atoms with E-state index in [0.29, 0.717) is 31.2 Å². The summed E-state index contributed by atoms with van der Waals surface area (Å²) in [4.78, 5) is 30.4. The lowest BCUT2D eigenvalue weighted by molar-refractivity contribution is -0.139. The zero-order valence-electron chi connectivity index (χ0n) is 21.0. The van der Waals surface area contributed by atoms with E-state index in [1.54, 1.807) is 7.11 Å². The van der Waals surface area contributed by atoms with E-state index in [9.17, 15) is 14.7 Å². The van der Waals surface area contributed by atoms with Gasteiger partial charge in [-0.2, -0.15) is 0 Å². The Labute approximate surface area is 207 Å². The minimum atomic E-state index is -0.347. The second-order valence-electron chi connectivity index (χ2n) is 11.4. The van der Waals surface area contributed by atoms with Gasteiger partial charge in [0, 0.05) is 62.1 Å². The van der Waals surface area contributed by atoms with Crippen molar-refractivity contribution in [3.05, 3.63) is 29.5 Å². The first-order chi connectivity index (χ1) is 16.9. The number of fused-ring (bicyclic) bond motifs is 4. The van der Waals surface area contributed by atoms with Gasteiger partial charge < -0.3 is 24.2 Å². The number of methoxy groups -OCH3 is 1. The summed E-state index contributed by atoms with van der Waals surface area (Å²) in [5.41, 5.74) is 3.16. The van der Waals surface area contributed by atoms with Crippen LogP contribution in [0.2, 0.25) is 0 Å². The number of aromatic nitrogens is 1. The van der Waals surface area contributed by atoms with Crippen LogP contribution >= 0.6 is 0 Å². The number of aryl methyl sites for hydroxylation is 1. The maximum Gasteiger partial charge on any atom is 0.223 e. The van der Waals surface area contributed by atoms with Gasteiger partial charge in [-0.25, -0.2) is 0 Å². The summed E-state index contributed by atoms with van der Waals surface area (Å²) in [7, 11) is 3.72. The van der Waals surface area contributed by atoms with E-state index in [1.165, 1.54) is 23.8 Å². The maximum absolute atomic E-state index is 13.5. The lowest BCUT2D eigenvalue weighted by atomic mass is 9.68. The summed E-state index contributed by atoms with van der Waals surface area (Å²) in [5.74, 6) is 2.33. The number of rotatable bonds is 6. The van der Waals surface area contributed by atoms with E-state index in [-0.39, 0.29) is 29.9 Å². The van der Waals surface area contributed by atoms with Crippen LogP contribution in [0.15, 0.2) is 18.2 Å². The molecule has 0 radical (unpaired) electrons. The van der Waals surface area contributed by atoms with E-state index >= 15 is 0 Å². The van der Waals surface area contributed by atoms with E-state index in [1.807, 2.05) is 22.9 Å². The fourth-order valence-electron chi connectivity index (χ4n) is 6.60. The van der Waals surface area contributed by atoms with Crippen LogP contribution in [0.3, 0.4) is 0 Å². The Morgan fingerprint density at radius 2 is 1.71 bits per heavy atom. The zero-order valence-corrected chi connectivity index (χ0v) is 21.0. The highest BCUT2D eigenvalue weighted by Crippen LogP contribution is 2.51. The van der Waals surface area contributed by atoms with Gasteiger partial charge in [-0.3, -0.25) is 9.59 Å². The summed E-state index contributed by atoms with van der Waals surface area (Å²) in [6.45, 7) is 1.98. The molecule has 0 bridgehead atoms. The molecule has 1 saturated heterocycles. The molecule has 2 aliphatic heterocycles. The number of ether oxygens (including phenoxy) is 1. The summed E-state index contributed by atoms with van der Waals surface area (Å²) in [5, 5.41) is 11.7. The summed E-state index contributed by atoms with van der Waals surface area (Å²) >= 11 is 0. The average molecular weight is 480 g/mol. The molecule has 1 aromatic carbocycles. The molecule has 0 unspecified atom stereocenters. The predicted octanol–water partition coefficient (Wildman–Crippen LogP) is 3.52. The Hall–Kier alpha value is -2.54. The van der Waals surface area contributed by atoms with Crippen LogP contribution in [0, 0.1) is 11.8 Å². The molecular weight excluding hydrogens is 442 g/mol. The molecule has 3 fully saturated rings. The van der Waals surface area contributed by atoms with Crippen LogP contribution in [0.4, 0.5) is 0 Å². The first kappa shape index (κ1) is 22.9. The molecule has 2 saturated carbocycles. The van der Waals surface area contributed by atoms with E-state index in [0.717, 1.165) is 55.7 Å². The Bertz CT molecular complexity index is 1150. The Balaban J connectivity index is 1.41. The fraction of sp³-hybridized carbons (Fsp3) is 0.643. The quantitative estimate of drug-likeness (QED) is 0.688. The van der Waals surface area contributed by atoms with Crippen molar-refractivity contribution in [3.63, 3.8) is 0 Å². The molecule has 35 heavy (non-hydrogen) atoms. The summed E-state index contributed by atoms with van der Waals surface area (Å²) < 4.78 is 7.68. The predicted molar refractivity (Wildman–Crippen MR) is 133 cm³/mol. The first-order valence-electron chi connectivity index (χ1n) is 13.3. The van der Waals surface area contributed by atoms with Gasteiger partial charge in [-0.1, -0.05) is 0 Å². The molecule has 6 rings (SSSR count). The molecule has 188 valence electrons. The number of hydrogen-bond acceptors (Lipinski definition) is 4. The van der Waals surface area contributed by atoms with Gasteiger partial charge in [0.1, 0.15) is 5.75 Å². The number of carbonyl (C=O) groups excluding carboxylic acids is 2. The van der Waals surface area contributed by atoms with Crippen molar-refractivity contribution in [3.8, 4) is 5.75 Å². The van der Waals surface area contributed by atoms with Crippen molar-refractivity contribution in [2.75, 3.05) is 33.4 Å². The van der Waals surface area contributed by atoms with Gasteiger partial charge in [0.2, 0.25) is 11.8 Å². The third-order valence-electron chi connectivity index (χ3n) is 9.04. The van der Waals surface area contributed by atoms with Crippen LogP contribution in [0.5, 0.6) is 5.75 Å². The number of aliphatic hydroxyl groups excluding tert-OH is 1. The summed E-state index contributed by atoms with van der Waals surface area (Å²) in [6.07, 6.45) is 7.58. The number of carbonyl (C=O) groups is 2. The van der Waals surface area contributed by atoms with Crippen LogP contribution in [-0.2, 0) is 22.1 Å². The Kier molecular flexibility index (Phi) is 5.59. The number of likely N-dealkylation sites (tertiary alicyclic amines) is 1. The SMILES string of the molecule is COc1ccc2c3c(n(C)c2c1)[C@@H](CO)N(C(=O)CC1CC1)CC31CCN(C(=O)CC2CC2)CC1. The molecule has 7 heteroatoms. The van der Waals surface area contributed by atoms with Crippen molar-refractivity contribution < 1.29 is 19.4 Å². The molecule has 7 nitrogen and oxygen atoms in total. The molecule has 1 atom stereocenters.